The Bertz CT molecular complexity index is 397. The first-order valence-electron chi connectivity index (χ1n) is 5.28. The molecule has 0 saturated heterocycles. The van der Waals surface area contributed by atoms with E-state index in [0.717, 1.165) is 5.56 Å². The third-order valence-electron chi connectivity index (χ3n) is 1.96. The molecule has 3 N–H and O–H groups in total. The third kappa shape index (κ3) is 4.10. The molecule has 0 aliphatic carbocycles. The molecule has 16 heavy (non-hydrogen) atoms. The Morgan fingerprint density at radius 3 is 2.56 bits per heavy atom. The molecule has 0 aliphatic rings. The van der Waals surface area contributed by atoms with E-state index in [2.05, 4.69) is 5.43 Å². The van der Waals surface area contributed by atoms with E-state index in [-0.39, 0.29) is 6.42 Å². The maximum Gasteiger partial charge on any atom is 0.322 e. The normalized spacial score (nSPS) is 12.7. The fraction of sp³-hybridized carbons (Fsp3) is 0.273. The van der Waals surface area contributed by atoms with E-state index >= 15 is 0 Å². The summed E-state index contributed by atoms with van der Waals surface area (Å²) in [5.74, 6) is -1.67. The summed E-state index contributed by atoms with van der Waals surface area (Å²) >= 11 is 0. The second kappa shape index (κ2) is 5.87. The highest BCUT2D eigenvalue weighted by Crippen LogP contribution is 2.02. The number of carboxylic acids is 1. The van der Waals surface area contributed by atoms with Gasteiger partial charge in [0, 0.05) is 13.3 Å². The minimum atomic E-state index is -1.10. The molecule has 1 atom stereocenters. The molecule has 0 radical (unpaired) electrons. The van der Waals surface area contributed by atoms with Crippen molar-refractivity contribution in [3.05, 3.63) is 35.9 Å². The van der Waals surface area contributed by atoms with Gasteiger partial charge in [0.15, 0.2) is 1.41 Å². The molecule has 0 fully saturated rings. The average Bonchev–Trinajstić information content (AvgIpc) is 2.29. The van der Waals surface area contributed by atoms with Crippen LogP contribution < -0.4 is 10.8 Å². The van der Waals surface area contributed by atoms with Crippen LogP contribution >= 0.6 is 0 Å². The largest absolute Gasteiger partial charge is 0.480 e. The quantitative estimate of drug-likeness (QED) is 0.628. The van der Waals surface area contributed by atoms with Gasteiger partial charge in [-0.05, 0) is 5.56 Å². The molecular formula is C11H14N2O3. The fourth-order valence-electron chi connectivity index (χ4n) is 1.21. The molecule has 0 bridgehead atoms. The molecule has 0 aromatic heterocycles. The summed E-state index contributed by atoms with van der Waals surface area (Å²) in [7, 11) is 0. The molecule has 1 rings (SSSR count). The molecule has 1 aromatic carbocycles. The smallest absolute Gasteiger partial charge is 0.322 e. The summed E-state index contributed by atoms with van der Waals surface area (Å²) < 4.78 is 7.23. The van der Waals surface area contributed by atoms with E-state index in [1.807, 2.05) is 6.07 Å². The first-order valence-corrected chi connectivity index (χ1v) is 4.83. The first kappa shape index (κ1) is 10.6. The van der Waals surface area contributed by atoms with Crippen molar-refractivity contribution >= 4 is 11.9 Å². The van der Waals surface area contributed by atoms with Gasteiger partial charge in [0.05, 0.1) is 0 Å². The molecule has 0 unspecified atom stereocenters. The van der Waals surface area contributed by atoms with Gasteiger partial charge in [0.25, 0.3) is 0 Å². The lowest BCUT2D eigenvalue weighted by Crippen LogP contribution is -2.48. The second-order valence-corrected chi connectivity index (χ2v) is 3.34. The molecule has 0 aliphatic heterocycles. The number of hydrazine groups is 1. The number of nitrogens with one attached hydrogen (secondary N) is 2. The van der Waals surface area contributed by atoms with Gasteiger partial charge >= 0.3 is 5.97 Å². The zero-order valence-electron chi connectivity index (χ0n) is 9.88. The Morgan fingerprint density at radius 1 is 1.44 bits per heavy atom. The van der Waals surface area contributed by atoms with Gasteiger partial charge in [-0.2, -0.15) is 0 Å². The van der Waals surface area contributed by atoms with E-state index in [4.69, 9.17) is 6.52 Å². The SMILES string of the molecule is [2H]N(N[C@@H](Cc1ccccc1)C(=O)O)C(C)=O. The van der Waals surface area contributed by atoms with Crippen LogP contribution in [0, 0.1) is 0 Å². The molecule has 1 amide bonds. The Kier molecular flexibility index (Phi) is 3.90. The monoisotopic (exact) mass is 223 g/mol. The van der Waals surface area contributed by atoms with Gasteiger partial charge in [0.1, 0.15) is 6.04 Å². The Morgan fingerprint density at radius 2 is 2.06 bits per heavy atom. The predicted molar refractivity (Wildman–Crippen MR) is 58.5 cm³/mol. The summed E-state index contributed by atoms with van der Waals surface area (Å²) in [6.45, 7) is 1.18. The summed E-state index contributed by atoms with van der Waals surface area (Å²) in [5.41, 5.74) is 3.57. The number of amides is 1. The molecule has 5 nitrogen and oxygen atoms in total. The van der Waals surface area contributed by atoms with Crippen molar-refractivity contribution in [2.75, 3.05) is 0 Å². The minimum absolute atomic E-state index is 0.207. The fourth-order valence-corrected chi connectivity index (χ4v) is 1.21. The lowest BCUT2D eigenvalue weighted by Gasteiger charge is -2.14. The zero-order valence-corrected chi connectivity index (χ0v) is 8.88. The first-order chi connectivity index (χ1) is 8.00. The van der Waals surface area contributed by atoms with E-state index in [0.29, 0.717) is 5.42 Å². The van der Waals surface area contributed by atoms with Crippen LogP contribution in [0.1, 0.15) is 12.5 Å². The number of carbonyl (C=O) groups is 2. The number of aliphatic carboxylic acids is 1. The minimum Gasteiger partial charge on any atom is -0.480 e. The lowest BCUT2D eigenvalue weighted by molar-refractivity contribution is -0.140. The highest BCUT2D eigenvalue weighted by molar-refractivity contribution is 5.76. The highest BCUT2D eigenvalue weighted by Gasteiger charge is 2.17. The highest BCUT2D eigenvalue weighted by atomic mass is 16.4. The van der Waals surface area contributed by atoms with Crippen molar-refractivity contribution in [1.82, 2.24) is 10.8 Å². The third-order valence-corrected chi connectivity index (χ3v) is 1.96. The van der Waals surface area contributed by atoms with Crippen molar-refractivity contribution in [3.63, 3.8) is 0 Å². The van der Waals surface area contributed by atoms with Crippen LogP contribution in [0.3, 0.4) is 0 Å². The standard InChI is InChI=1S/C11H14N2O3/c1-8(14)12-13-10(11(15)16)7-9-5-3-2-4-6-9/h2-6,10,13H,7H2,1H3,(H,12,14)(H,15,16)/t10-/m0/s1/i/hD. The van der Waals surface area contributed by atoms with Crippen molar-refractivity contribution in [2.45, 2.75) is 19.4 Å². The van der Waals surface area contributed by atoms with Crippen molar-refractivity contribution < 1.29 is 16.1 Å². The van der Waals surface area contributed by atoms with Crippen molar-refractivity contribution in [1.29, 1.82) is 0 Å². The second-order valence-electron chi connectivity index (χ2n) is 3.34. The zero-order chi connectivity index (χ0) is 12.8. The van der Waals surface area contributed by atoms with Crippen LogP contribution in [0.2, 0.25) is 1.41 Å². The Hall–Kier alpha value is -1.88. The maximum absolute atomic E-state index is 11.0. The topological polar surface area (TPSA) is 78.4 Å². The van der Waals surface area contributed by atoms with Crippen molar-refractivity contribution in [2.24, 2.45) is 0 Å². The molecule has 86 valence electrons. The van der Waals surface area contributed by atoms with Gasteiger partial charge in [-0.3, -0.25) is 15.0 Å². The number of rotatable bonds is 5. The van der Waals surface area contributed by atoms with Gasteiger partial charge in [-0.1, -0.05) is 30.3 Å². The molecule has 0 saturated carbocycles. The molecule has 5 heteroatoms. The number of hydrogen-bond donors (Lipinski definition) is 3. The molecule has 1 aromatic rings. The van der Waals surface area contributed by atoms with Crippen LogP contribution in [0.4, 0.5) is 0 Å². The number of benzene rings is 1. The Labute approximate surface area is 94.9 Å². The molecular weight excluding hydrogens is 208 g/mol. The Balaban J connectivity index is 2.67. The summed E-state index contributed by atoms with van der Waals surface area (Å²) in [6.07, 6.45) is 0.207. The van der Waals surface area contributed by atoms with E-state index in [1.165, 1.54) is 6.92 Å². The predicted octanol–water partition coefficient (Wildman–Crippen LogP) is 0.323. The lowest BCUT2D eigenvalue weighted by atomic mass is 10.1. The number of carbonyl (C=O) groups excluding carboxylic acids is 1. The number of carboxylic acid groups (broad SMARTS) is 1. The molecule has 0 heterocycles. The van der Waals surface area contributed by atoms with E-state index in [1.54, 1.807) is 24.3 Å². The van der Waals surface area contributed by atoms with E-state index in [9.17, 15) is 9.59 Å². The summed E-state index contributed by atoms with van der Waals surface area (Å²) in [6, 6.07) is 8.02. The van der Waals surface area contributed by atoms with Gasteiger partial charge < -0.3 is 5.11 Å². The van der Waals surface area contributed by atoms with E-state index < -0.39 is 17.9 Å². The molecule has 0 spiro atoms. The van der Waals surface area contributed by atoms with Crippen LogP contribution in [0.15, 0.2) is 30.3 Å². The maximum atomic E-state index is 11.0. The summed E-state index contributed by atoms with van der Waals surface area (Å²) in [4.78, 5) is 21.8. The van der Waals surface area contributed by atoms with Gasteiger partial charge in [0.2, 0.25) is 5.91 Å². The number of hydrogen-bond acceptors (Lipinski definition) is 3. The van der Waals surface area contributed by atoms with Gasteiger partial charge in [-0.25, -0.2) is 5.43 Å². The van der Waals surface area contributed by atoms with Crippen LogP contribution in [0.25, 0.3) is 0 Å². The summed E-state index contributed by atoms with van der Waals surface area (Å²) in [5, 5.41) is 8.98. The van der Waals surface area contributed by atoms with Crippen LogP contribution in [0.5, 0.6) is 0 Å². The van der Waals surface area contributed by atoms with Crippen molar-refractivity contribution in [3.8, 4) is 0 Å². The van der Waals surface area contributed by atoms with Gasteiger partial charge in [-0.15, -0.1) is 0 Å². The average molecular weight is 223 g/mol. The van der Waals surface area contributed by atoms with Crippen LogP contribution in [-0.4, -0.2) is 23.0 Å². The van der Waals surface area contributed by atoms with Crippen LogP contribution in [-0.2, 0) is 16.0 Å².